The molecule has 1 fully saturated rings. The SMILES string of the molecule is CCN(CC)Cc1nc(C2(NC(=O)c3ccncc3)CCCC2)no1. The van der Waals surface area contributed by atoms with Crippen LogP contribution in [0.4, 0.5) is 0 Å². The molecule has 0 saturated heterocycles. The van der Waals surface area contributed by atoms with Gasteiger partial charge in [-0.2, -0.15) is 4.98 Å². The van der Waals surface area contributed by atoms with Crippen molar-refractivity contribution in [1.29, 1.82) is 0 Å². The highest BCUT2D eigenvalue weighted by Gasteiger charge is 2.41. The molecule has 3 rings (SSSR count). The summed E-state index contributed by atoms with van der Waals surface area (Å²) in [6.45, 7) is 6.70. The van der Waals surface area contributed by atoms with Crippen LogP contribution in [0.25, 0.3) is 0 Å². The van der Waals surface area contributed by atoms with Crippen molar-refractivity contribution in [3.8, 4) is 0 Å². The predicted octanol–water partition coefficient (Wildman–Crippen LogP) is 2.51. The number of nitrogens with zero attached hydrogens (tertiary/aromatic N) is 4. The highest BCUT2D eigenvalue weighted by atomic mass is 16.5. The van der Waals surface area contributed by atoms with Crippen LogP contribution in [0.2, 0.25) is 0 Å². The van der Waals surface area contributed by atoms with Crippen LogP contribution in [-0.2, 0) is 12.1 Å². The van der Waals surface area contributed by atoms with Gasteiger partial charge in [0, 0.05) is 18.0 Å². The molecule has 0 aromatic carbocycles. The topological polar surface area (TPSA) is 84.2 Å². The zero-order chi connectivity index (χ0) is 17.7. The van der Waals surface area contributed by atoms with Crippen molar-refractivity contribution in [1.82, 2.24) is 25.3 Å². The Labute approximate surface area is 147 Å². The van der Waals surface area contributed by atoms with Gasteiger partial charge in [0.2, 0.25) is 5.89 Å². The Hall–Kier alpha value is -2.28. The minimum absolute atomic E-state index is 0.126. The predicted molar refractivity (Wildman–Crippen MR) is 92.8 cm³/mol. The molecule has 0 aliphatic heterocycles. The van der Waals surface area contributed by atoms with Gasteiger partial charge in [-0.3, -0.25) is 14.7 Å². The van der Waals surface area contributed by atoms with Crippen molar-refractivity contribution in [2.24, 2.45) is 0 Å². The molecule has 7 nitrogen and oxygen atoms in total. The van der Waals surface area contributed by atoms with Gasteiger partial charge in [-0.15, -0.1) is 0 Å². The molecule has 2 heterocycles. The first-order valence-corrected chi connectivity index (χ1v) is 8.95. The van der Waals surface area contributed by atoms with Crippen LogP contribution < -0.4 is 5.32 Å². The minimum atomic E-state index is -0.536. The average Bonchev–Trinajstić information content (AvgIpc) is 3.30. The third-order valence-corrected chi connectivity index (χ3v) is 4.90. The van der Waals surface area contributed by atoms with Gasteiger partial charge in [0.05, 0.1) is 6.54 Å². The van der Waals surface area contributed by atoms with Crippen molar-refractivity contribution in [2.45, 2.75) is 51.6 Å². The maximum atomic E-state index is 12.6. The summed E-state index contributed by atoms with van der Waals surface area (Å²) in [5.74, 6) is 1.07. The number of nitrogens with one attached hydrogen (secondary N) is 1. The molecule has 1 aliphatic rings. The van der Waals surface area contributed by atoms with Gasteiger partial charge in [-0.1, -0.05) is 31.8 Å². The van der Waals surface area contributed by atoms with E-state index in [-0.39, 0.29) is 5.91 Å². The summed E-state index contributed by atoms with van der Waals surface area (Å²) in [4.78, 5) is 23.4. The monoisotopic (exact) mass is 343 g/mol. The zero-order valence-electron chi connectivity index (χ0n) is 14.9. The van der Waals surface area contributed by atoms with E-state index in [1.807, 2.05) is 0 Å². The second kappa shape index (κ2) is 7.74. The second-order valence-electron chi connectivity index (χ2n) is 6.45. The highest BCUT2D eigenvalue weighted by Crippen LogP contribution is 2.37. The first kappa shape index (κ1) is 17.5. The summed E-state index contributed by atoms with van der Waals surface area (Å²) >= 11 is 0. The number of carbonyl (C=O) groups excluding carboxylic acids is 1. The van der Waals surface area contributed by atoms with E-state index in [0.717, 1.165) is 38.8 Å². The van der Waals surface area contributed by atoms with Gasteiger partial charge < -0.3 is 9.84 Å². The molecule has 1 aliphatic carbocycles. The largest absolute Gasteiger partial charge is 0.339 e. The Kier molecular flexibility index (Phi) is 5.43. The van der Waals surface area contributed by atoms with Crippen LogP contribution in [0.15, 0.2) is 29.0 Å². The number of hydrogen-bond acceptors (Lipinski definition) is 6. The van der Waals surface area contributed by atoms with Gasteiger partial charge in [0.1, 0.15) is 5.54 Å². The minimum Gasteiger partial charge on any atom is -0.339 e. The molecule has 134 valence electrons. The molecule has 7 heteroatoms. The van der Waals surface area contributed by atoms with Crippen molar-refractivity contribution >= 4 is 5.91 Å². The van der Waals surface area contributed by atoms with E-state index in [1.165, 1.54) is 0 Å². The van der Waals surface area contributed by atoms with E-state index in [2.05, 4.69) is 39.2 Å². The molecule has 1 N–H and O–H groups in total. The molecule has 1 amide bonds. The zero-order valence-corrected chi connectivity index (χ0v) is 14.9. The standard InChI is InChI=1S/C18H25N5O2/c1-3-23(4-2)13-15-20-17(22-25-15)18(9-5-6-10-18)21-16(24)14-7-11-19-12-8-14/h7-8,11-12H,3-6,9-10,13H2,1-2H3,(H,21,24). The lowest BCUT2D eigenvalue weighted by atomic mass is 9.96. The van der Waals surface area contributed by atoms with Gasteiger partial charge in [0.15, 0.2) is 5.82 Å². The maximum absolute atomic E-state index is 12.6. The Morgan fingerprint density at radius 2 is 1.92 bits per heavy atom. The van der Waals surface area contributed by atoms with Crippen LogP contribution in [0, 0.1) is 0 Å². The number of carbonyl (C=O) groups is 1. The Morgan fingerprint density at radius 1 is 1.24 bits per heavy atom. The van der Waals surface area contributed by atoms with Crippen LogP contribution in [0.3, 0.4) is 0 Å². The normalized spacial score (nSPS) is 16.3. The number of hydrogen-bond donors (Lipinski definition) is 1. The van der Waals surface area contributed by atoms with Crippen molar-refractivity contribution in [2.75, 3.05) is 13.1 Å². The number of pyridine rings is 1. The first-order chi connectivity index (χ1) is 12.2. The van der Waals surface area contributed by atoms with Crippen molar-refractivity contribution in [3.63, 3.8) is 0 Å². The molecule has 25 heavy (non-hydrogen) atoms. The molecular weight excluding hydrogens is 318 g/mol. The van der Waals surface area contributed by atoms with Crippen LogP contribution in [0.1, 0.15) is 61.6 Å². The van der Waals surface area contributed by atoms with E-state index in [1.54, 1.807) is 24.5 Å². The highest BCUT2D eigenvalue weighted by molar-refractivity contribution is 5.94. The van der Waals surface area contributed by atoms with Crippen LogP contribution in [0.5, 0.6) is 0 Å². The molecule has 2 aromatic heterocycles. The Bertz CT molecular complexity index is 691. The van der Waals surface area contributed by atoms with Crippen LogP contribution >= 0.6 is 0 Å². The summed E-state index contributed by atoms with van der Waals surface area (Å²) in [5, 5.41) is 7.35. The van der Waals surface area contributed by atoms with E-state index in [9.17, 15) is 4.79 Å². The fraction of sp³-hybridized carbons (Fsp3) is 0.556. The van der Waals surface area contributed by atoms with Gasteiger partial charge in [-0.05, 0) is 38.1 Å². The maximum Gasteiger partial charge on any atom is 0.252 e. The first-order valence-electron chi connectivity index (χ1n) is 8.95. The van der Waals surface area contributed by atoms with Crippen molar-refractivity contribution < 1.29 is 9.32 Å². The lowest BCUT2D eigenvalue weighted by molar-refractivity contribution is 0.0891. The molecule has 0 radical (unpaired) electrons. The van der Waals surface area contributed by atoms with E-state index in [0.29, 0.717) is 23.8 Å². The molecule has 0 atom stereocenters. The molecular formula is C18H25N5O2. The van der Waals surface area contributed by atoms with Crippen LogP contribution in [-0.4, -0.2) is 39.0 Å². The fourth-order valence-corrected chi connectivity index (χ4v) is 3.33. The summed E-state index contributed by atoms with van der Waals surface area (Å²) in [7, 11) is 0. The third-order valence-electron chi connectivity index (χ3n) is 4.90. The van der Waals surface area contributed by atoms with E-state index >= 15 is 0 Å². The number of aromatic nitrogens is 3. The second-order valence-corrected chi connectivity index (χ2v) is 6.45. The van der Waals surface area contributed by atoms with E-state index < -0.39 is 5.54 Å². The Morgan fingerprint density at radius 3 is 2.56 bits per heavy atom. The quantitative estimate of drug-likeness (QED) is 0.831. The fourth-order valence-electron chi connectivity index (χ4n) is 3.33. The van der Waals surface area contributed by atoms with Gasteiger partial charge >= 0.3 is 0 Å². The van der Waals surface area contributed by atoms with Gasteiger partial charge in [-0.25, -0.2) is 0 Å². The van der Waals surface area contributed by atoms with Gasteiger partial charge in [0.25, 0.3) is 5.91 Å². The molecule has 0 spiro atoms. The molecule has 0 unspecified atom stereocenters. The third kappa shape index (κ3) is 3.87. The number of amides is 1. The summed E-state index contributed by atoms with van der Waals surface area (Å²) < 4.78 is 5.46. The average molecular weight is 343 g/mol. The molecule has 2 aromatic rings. The summed E-state index contributed by atoms with van der Waals surface area (Å²) in [5.41, 5.74) is 0.0545. The molecule has 1 saturated carbocycles. The summed E-state index contributed by atoms with van der Waals surface area (Å²) in [6, 6.07) is 3.42. The van der Waals surface area contributed by atoms with Crippen molar-refractivity contribution in [3.05, 3.63) is 41.8 Å². The Balaban J connectivity index is 1.79. The summed E-state index contributed by atoms with van der Waals surface area (Å²) in [6.07, 6.45) is 6.97. The molecule has 0 bridgehead atoms. The lowest BCUT2D eigenvalue weighted by Crippen LogP contribution is -2.44. The lowest BCUT2D eigenvalue weighted by Gasteiger charge is -2.26. The smallest absolute Gasteiger partial charge is 0.252 e. The number of rotatable bonds is 7. The van der Waals surface area contributed by atoms with E-state index in [4.69, 9.17) is 4.52 Å².